The Labute approximate surface area is 84.5 Å². The summed E-state index contributed by atoms with van der Waals surface area (Å²) in [5, 5.41) is 9.19. The predicted octanol–water partition coefficient (Wildman–Crippen LogP) is 2.10. The number of hydrogen-bond donors (Lipinski definition) is 1. The molecule has 2 atom stereocenters. The minimum absolute atomic E-state index is 0.0127. The Morgan fingerprint density at radius 3 is 2.57 bits per heavy atom. The van der Waals surface area contributed by atoms with Crippen LogP contribution in [-0.2, 0) is 9.59 Å². The van der Waals surface area contributed by atoms with Crippen LogP contribution in [0.15, 0.2) is 0 Å². The third-order valence-corrected chi connectivity index (χ3v) is 3.48. The molecule has 0 aromatic carbocycles. The molecule has 2 unspecified atom stereocenters. The van der Waals surface area contributed by atoms with Crippen molar-refractivity contribution in [3.05, 3.63) is 0 Å². The van der Waals surface area contributed by atoms with Crippen LogP contribution in [0.3, 0.4) is 0 Å². The normalized spacial score (nSPS) is 33.4. The fourth-order valence-electron chi connectivity index (χ4n) is 2.39. The predicted molar refractivity (Wildman–Crippen MR) is 52.9 cm³/mol. The number of Topliss-reactive ketones (excluding diaryl/α,β-unsaturated/α-hetero) is 1. The molecular weight excluding hydrogens is 180 g/mol. The summed E-state index contributed by atoms with van der Waals surface area (Å²) in [6.45, 7) is 5.75. The van der Waals surface area contributed by atoms with E-state index in [0.29, 0.717) is 19.3 Å². The highest BCUT2D eigenvalue weighted by atomic mass is 16.4. The van der Waals surface area contributed by atoms with Gasteiger partial charge in [-0.15, -0.1) is 0 Å². The van der Waals surface area contributed by atoms with Gasteiger partial charge in [0.1, 0.15) is 5.78 Å². The number of carboxylic acid groups (broad SMARTS) is 1. The summed E-state index contributed by atoms with van der Waals surface area (Å²) < 4.78 is 0. The zero-order chi connectivity index (χ0) is 10.9. The van der Waals surface area contributed by atoms with Crippen molar-refractivity contribution >= 4 is 11.8 Å². The first-order valence-corrected chi connectivity index (χ1v) is 5.13. The Balaban J connectivity index is 2.93. The fraction of sp³-hybridized carbons (Fsp3) is 0.818. The number of rotatable bonds is 2. The van der Waals surface area contributed by atoms with Crippen LogP contribution < -0.4 is 0 Å². The van der Waals surface area contributed by atoms with E-state index in [2.05, 4.69) is 0 Å². The van der Waals surface area contributed by atoms with Gasteiger partial charge in [0.25, 0.3) is 0 Å². The van der Waals surface area contributed by atoms with Crippen LogP contribution in [0.5, 0.6) is 0 Å². The second-order valence-electron chi connectivity index (χ2n) is 4.82. The van der Waals surface area contributed by atoms with Crippen LogP contribution in [0.2, 0.25) is 0 Å². The SMILES string of the molecule is CC(C)C1CC(=O)CCC1(C)C(=O)O. The van der Waals surface area contributed by atoms with Crippen molar-refractivity contribution in [1.82, 2.24) is 0 Å². The van der Waals surface area contributed by atoms with Crippen molar-refractivity contribution in [2.45, 2.75) is 40.0 Å². The Bertz CT molecular complexity index is 257. The highest BCUT2D eigenvalue weighted by Gasteiger charge is 2.46. The number of aliphatic carboxylic acids is 1. The number of hydrogen-bond acceptors (Lipinski definition) is 2. The molecule has 1 fully saturated rings. The number of ketones is 1. The minimum Gasteiger partial charge on any atom is -0.481 e. The molecule has 1 N–H and O–H groups in total. The average molecular weight is 198 g/mol. The van der Waals surface area contributed by atoms with Crippen LogP contribution in [0.4, 0.5) is 0 Å². The molecule has 14 heavy (non-hydrogen) atoms. The highest BCUT2D eigenvalue weighted by molar-refractivity contribution is 5.84. The van der Waals surface area contributed by atoms with Crippen molar-refractivity contribution in [2.24, 2.45) is 17.3 Å². The second-order valence-corrected chi connectivity index (χ2v) is 4.82. The van der Waals surface area contributed by atoms with Crippen molar-refractivity contribution in [3.8, 4) is 0 Å². The molecule has 1 aliphatic carbocycles. The number of carbonyl (C=O) groups is 2. The van der Waals surface area contributed by atoms with Gasteiger partial charge in [-0.25, -0.2) is 0 Å². The van der Waals surface area contributed by atoms with E-state index in [1.807, 2.05) is 13.8 Å². The summed E-state index contributed by atoms with van der Waals surface area (Å²) in [5.41, 5.74) is -0.706. The minimum atomic E-state index is -0.760. The Hall–Kier alpha value is -0.860. The first-order chi connectivity index (χ1) is 6.38. The summed E-state index contributed by atoms with van der Waals surface area (Å²) in [6.07, 6.45) is 1.34. The third kappa shape index (κ3) is 1.81. The maximum absolute atomic E-state index is 11.3. The largest absolute Gasteiger partial charge is 0.481 e. The second kappa shape index (κ2) is 3.71. The molecule has 80 valence electrons. The maximum atomic E-state index is 11.3. The van der Waals surface area contributed by atoms with E-state index in [0.717, 1.165) is 0 Å². The lowest BCUT2D eigenvalue weighted by Gasteiger charge is -2.39. The van der Waals surface area contributed by atoms with Crippen molar-refractivity contribution in [2.75, 3.05) is 0 Å². The van der Waals surface area contributed by atoms with Crippen LogP contribution in [0, 0.1) is 17.3 Å². The Morgan fingerprint density at radius 1 is 1.57 bits per heavy atom. The lowest BCUT2D eigenvalue weighted by molar-refractivity contribution is -0.156. The maximum Gasteiger partial charge on any atom is 0.309 e. The van der Waals surface area contributed by atoms with Gasteiger partial charge in [0, 0.05) is 12.8 Å². The molecule has 0 spiro atoms. The molecule has 0 saturated heterocycles. The van der Waals surface area contributed by atoms with Crippen molar-refractivity contribution in [1.29, 1.82) is 0 Å². The van der Waals surface area contributed by atoms with Crippen LogP contribution in [0.1, 0.15) is 40.0 Å². The van der Waals surface area contributed by atoms with Crippen LogP contribution in [0.25, 0.3) is 0 Å². The molecule has 1 aliphatic rings. The van der Waals surface area contributed by atoms with Gasteiger partial charge in [-0.2, -0.15) is 0 Å². The van der Waals surface area contributed by atoms with Crippen LogP contribution in [-0.4, -0.2) is 16.9 Å². The van der Waals surface area contributed by atoms with E-state index in [9.17, 15) is 14.7 Å². The fourth-order valence-corrected chi connectivity index (χ4v) is 2.39. The van der Waals surface area contributed by atoms with Crippen LogP contribution >= 0.6 is 0 Å². The zero-order valence-electron chi connectivity index (χ0n) is 9.04. The monoisotopic (exact) mass is 198 g/mol. The quantitative estimate of drug-likeness (QED) is 0.739. The van der Waals surface area contributed by atoms with E-state index in [1.54, 1.807) is 6.92 Å². The molecular formula is C11H18O3. The molecule has 0 radical (unpaired) electrons. The molecule has 3 heteroatoms. The van der Waals surface area contributed by atoms with E-state index in [-0.39, 0.29) is 17.6 Å². The Kier molecular flexibility index (Phi) is 2.98. The van der Waals surface area contributed by atoms with Crippen molar-refractivity contribution < 1.29 is 14.7 Å². The molecule has 0 aromatic rings. The zero-order valence-corrected chi connectivity index (χ0v) is 9.04. The standard InChI is InChI=1S/C11H18O3/c1-7(2)9-6-8(12)4-5-11(9,3)10(13)14/h7,9H,4-6H2,1-3H3,(H,13,14). The third-order valence-electron chi connectivity index (χ3n) is 3.48. The van der Waals surface area contributed by atoms with Gasteiger partial charge in [0.15, 0.2) is 0 Å². The molecule has 0 bridgehead atoms. The number of carboxylic acids is 1. The van der Waals surface area contributed by atoms with Gasteiger partial charge in [0.05, 0.1) is 5.41 Å². The van der Waals surface area contributed by atoms with Gasteiger partial charge in [-0.05, 0) is 25.2 Å². The van der Waals surface area contributed by atoms with E-state index in [1.165, 1.54) is 0 Å². The lowest BCUT2D eigenvalue weighted by atomic mass is 9.63. The molecule has 3 nitrogen and oxygen atoms in total. The summed E-state index contributed by atoms with van der Waals surface area (Å²) >= 11 is 0. The summed E-state index contributed by atoms with van der Waals surface area (Å²) in [5.74, 6) is -0.312. The van der Waals surface area contributed by atoms with E-state index in [4.69, 9.17) is 0 Å². The summed E-state index contributed by atoms with van der Waals surface area (Å²) in [6, 6.07) is 0. The van der Waals surface area contributed by atoms with E-state index < -0.39 is 11.4 Å². The first-order valence-electron chi connectivity index (χ1n) is 5.13. The molecule has 0 heterocycles. The Morgan fingerprint density at radius 2 is 2.14 bits per heavy atom. The van der Waals surface area contributed by atoms with Gasteiger partial charge in [-0.3, -0.25) is 9.59 Å². The number of carbonyl (C=O) groups excluding carboxylic acids is 1. The first kappa shape index (κ1) is 11.2. The molecule has 0 aromatic heterocycles. The van der Waals surface area contributed by atoms with Gasteiger partial charge in [-0.1, -0.05) is 13.8 Å². The molecule has 0 aliphatic heterocycles. The van der Waals surface area contributed by atoms with Gasteiger partial charge in [0.2, 0.25) is 0 Å². The topological polar surface area (TPSA) is 54.4 Å². The van der Waals surface area contributed by atoms with Crippen molar-refractivity contribution in [3.63, 3.8) is 0 Å². The molecule has 1 saturated carbocycles. The highest BCUT2D eigenvalue weighted by Crippen LogP contribution is 2.43. The smallest absolute Gasteiger partial charge is 0.309 e. The summed E-state index contributed by atoms with van der Waals surface area (Å²) in [4.78, 5) is 22.5. The van der Waals surface area contributed by atoms with Gasteiger partial charge < -0.3 is 5.11 Å². The average Bonchev–Trinajstić information content (AvgIpc) is 2.08. The summed E-state index contributed by atoms with van der Waals surface area (Å²) in [7, 11) is 0. The molecule has 1 rings (SSSR count). The molecule has 0 amide bonds. The lowest BCUT2D eigenvalue weighted by Crippen LogP contribution is -2.43. The van der Waals surface area contributed by atoms with E-state index >= 15 is 0 Å². The van der Waals surface area contributed by atoms with Gasteiger partial charge >= 0.3 is 5.97 Å².